The number of nitrogens with zero attached hydrogens (tertiary/aromatic N) is 4. The van der Waals surface area contributed by atoms with Crippen LogP contribution in [0, 0.1) is 5.92 Å². The molecule has 0 amide bonds. The highest BCUT2D eigenvalue weighted by atomic mass is 16.4. The Balaban J connectivity index is 1.80. The normalized spacial score (nSPS) is 17.3. The first-order chi connectivity index (χ1) is 7.69. The fourth-order valence-electron chi connectivity index (χ4n) is 2.04. The monoisotopic (exact) mass is 224 g/mol. The minimum Gasteiger partial charge on any atom is -0.476 e. The number of carboxylic acid groups (broad SMARTS) is 1. The van der Waals surface area contributed by atoms with Crippen LogP contribution in [-0.2, 0) is 6.54 Å². The second-order valence-corrected chi connectivity index (χ2v) is 4.26. The molecule has 0 radical (unpaired) electrons. The summed E-state index contributed by atoms with van der Waals surface area (Å²) < 4.78 is 1.62. The number of likely N-dealkylation sites (tertiary alicyclic amines) is 1. The van der Waals surface area contributed by atoms with Gasteiger partial charge in [0.15, 0.2) is 5.69 Å². The van der Waals surface area contributed by atoms with Crippen LogP contribution >= 0.6 is 0 Å². The molecular weight excluding hydrogens is 208 g/mol. The third-order valence-corrected chi connectivity index (χ3v) is 2.78. The van der Waals surface area contributed by atoms with Crippen LogP contribution in [0.3, 0.4) is 0 Å². The van der Waals surface area contributed by atoms with Crippen LogP contribution in [0.1, 0.15) is 23.8 Å². The summed E-state index contributed by atoms with van der Waals surface area (Å²) in [5.41, 5.74) is 0.0183. The number of carboxylic acids is 1. The molecule has 0 aromatic carbocycles. The number of rotatable bonds is 5. The van der Waals surface area contributed by atoms with E-state index in [9.17, 15) is 4.79 Å². The molecule has 2 heterocycles. The van der Waals surface area contributed by atoms with Gasteiger partial charge in [0, 0.05) is 25.6 Å². The maximum atomic E-state index is 10.6. The van der Waals surface area contributed by atoms with Gasteiger partial charge in [0.1, 0.15) is 0 Å². The van der Waals surface area contributed by atoms with Crippen molar-refractivity contribution in [2.45, 2.75) is 19.9 Å². The quantitative estimate of drug-likeness (QED) is 0.779. The van der Waals surface area contributed by atoms with Crippen LogP contribution in [0.25, 0.3) is 0 Å². The second-order valence-electron chi connectivity index (χ2n) is 4.26. The summed E-state index contributed by atoms with van der Waals surface area (Å²) in [7, 11) is 0. The lowest BCUT2D eigenvalue weighted by atomic mass is 10.0. The van der Waals surface area contributed by atoms with Crippen LogP contribution in [-0.4, -0.2) is 50.6 Å². The first kappa shape index (κ1) is 11.1. The Bertz CT molecular complexity index is 371. The van der Waals surface area contributed by atoms with Gasteiger partial charge in [-0.1, -0.05) is 12.1 Å². The highest BCUT2D eigenvalue weighted by Gasteiger charge is 2.26. The van der Waals surface area contributed by atoms with Gasteiger partial charge in [0.25, 0.3) is 0 Å². The van der Waals surface area contributed by atoms with Crippen molar-refractivity contribution in [3.63, 3.8) is 0 Å². The summed E-state index contributed by atoms with van der Waals surface area (Å²) in [4.78, 5) is 13.0. The van der Waals surface area contributed by atoms with Crippen molar-refractivity contribution in [1.29, 1.82) is 0 Å². The number of aromatic nitrogens is 3. The van der Waals surface area contributed by atoms with Crippen molar-refractivity contribution in [1.82, 2.24) is 19.9 Å². The van der Waals surface area contributed by atoms with Gasteiger partial charge in [-0.05, 0) is 13.0 Å². The predicted molar refractivity (Wildman–Crippen MR) is 57.2 cm³/mol. The van der Waals surface area contributed by atoms with Crippen LogP contribution in [0.15, 0.2) is 6.20 Å². The van der Waals surface area contributed by atoms with E-state index in [-0.39, 0.29) is 5.69 Å². The van der Waals surface area contributed by atoms with Crippen LogP contribution in [0.2, 0.25) is 0 Å². The minimum absolute atomic E-state index is 0.0183. The molecule has 88 valence electrons. The van der Waals surface area contributed by atoms with E-state index in [0.717, 1.165) is 26.2 Å². The van der Waals surface area contributed by atoms with Gasteiger partial charge >= 0.3 is 5.97 Å². The summed E-state index contributed by atoms with van der Waals surface area (Å²) >= 11 is 0. The van der Waals surface area contributed by atoms with Crippen molar-refractivity contribution >= 4 is 5.97 Å². The Hall–Kier alpha value is -1.43. The molecule has 1 aliphatic rings. The number of aromatic carboxylic acids is 1. The molecule has 0 atom stereocenters. The topological polar surface area (TPSA) is 71.2 Å². The van der Waals surface area contributed by atoms with Crippen molar-refractivity contribution in [3.05, 3.63) is 11.9 Å². The maximum Gasteiger partial charge on any atom is 0.358 e. The van der Waals surface area contributed by atoms with E-state index < -0.39 is 5.97 Å². The van der Waals surface area contributed by atoms with Crippen molar-refractivity contribution in [2.24, 2.45) is 5.92 Å². The average Bonchev–Trinajstić information content (AvgIpc) is 2.63. The fraction of sp³-hybridized carbons (Fsp3) is 0.700. The van der Waals surface area contributed by atoms with E-state index in [2.05, 4.69) is 22.1 Å². The first-order valence-electron chi connectivity index (χ1n) is 5.54. The molecule has 0 unspecified atom stereocenters. The molecule has 1 aromatic heterocycles. The molecule has 1 N–H and O–H groups in total. The maximum absolute atomic E-state index is 10.6. The molecule has 6 heteroatoms. The largest absolute Gasteiger partial charge is 0.476 e. The molecule has 0 bridgehead atoms. The van der Waals surface area contributed by atoms with Crippen molar-refractivity contribution in [3.8, 4) is 0 Å². The molecule has 0 spiro atoms. The lowest BCUT2D eigenvalue weighted by Gasteiger charge is -2.38. The highest BCUT2D eigenvalue weighted by Crippen LogP contribution is 2.17. The van der Waals surface area contributed by atoms with Gasteiger partial charge in [0.2, 0.25) is 0 Å². The molecule has 1 fully saturated rings. The third kappa shape index (κ3) is 2.38. The van der Waals surface area contributed by atoms with Gasteiger partial charge in [-0.3, -0.25) is 4.68 Å². The van der Waals surface area contributed by atoms with Crippen LogP contribution < -0.4 is 0 Å². The number of hydrogen-bond donors (Lipinski definition) is 1. The molecular formula is C10H16N4O2. The van der Waals surface area contributed by atoms with Crippen molar-refractivity contribution in [2.75, 3.05) is 19.6 Å². The lowest BCUT2D eigenvalue weighted by molar-refractivity contribution is 0.0690. The standard InChI is InChI=1S/C10H16N4O2/c1-2-3-13-4-8(5-13)6-14-7-9(10(15)16)11-12-14/h7-8H,2-6H2,1H3,(H,15,16). The highest BCUT2D eigenvalue weighted by molar-refractivity contribution is 5.84. The molecule has 0 saturated carbocycles. The number of carbonyl (C=O) groups is 1. The molecule has 1 saturated heterocycles. The van der Waals surface area contributed by atoms with Crippen LogP contribution in [0.5, 0.6) is 0 Å². The van der Waals surface area contributed by atoms with E-state index in [0.29, 0.717) is 5.92 Å². The molecule has 6 nitrogen and oxygen atoms in total. The molecule has 0 aliphatic carbocycles. The zero-order valence-corrected chi connectivity index (χ0v) is 9.33. The summed E-state index contributed by atoms with van der Waals surface area (Å²) in [5.74, 6) is -0.442. The summed E-state index contributed by atoms with van der Waals surface area (Å²) in [5, 5.41) is 16.1. The van der Waals surface area contributed by atoms with Gasteiger partial charge < -0.3 is 10.0 Å². The Labute approximate surface area is 93.9 Å². The van der Waals surface area contributed by atoms with E-state index >= 15 is 0 Å². The van der Waals surface area contributed by atoms with E-state index in [1.807, 2.05) is 0 Å². The predicted octanol–water partition coefficient (Wildman–Crippen LogP) is 0.318. The molecule has 16 heavy (non-hydrogen) atoms. The smallest absolute Gasteiger partial charge is 0.358 e. The van der Waals surface area contributed by atoms with E-state index in [1.54, 1.807) is 4.68 Å². The van der Waals surface area contributed by atoms with Gasteiger partial charge in [-0.2, -0.15) is 0 Å². The minimum atomic E-state index is -1.02. The molecule has 2 rings (SSSR count). The van der Waals surface area contributed by atoms with Gasteiger partial charge in [0.05, 0.1) is 6.20 Å². The average molecular weight is 224 g/mol. The first-order valence-corrected chi connectivity index (χ1v) is 5.54. The Morgan fingerprint density at radius 2 is 2.38 bits per heavy atom. The third-order valence-electron chi connectivity index (χ3n) is 2.78. The zero-order valence-electron chi connectivity index (χ0n) is 9.33. The summed E-state index contributed by atoms with van der Waals surface area (Å²) in [6, 6.07) is 0. The summed E-state index contributed by atoms with van der Waals surface area (Å²) in [6.07, 6.45) is 2.67. The SMILES string of the molecule is CCCN1CC(Cn2cc(C(=O)O)nn2)C1. The molecule has 1 aliphatic heterocycles. The van der Waals surface area contributed by atoms with Crippen molar-refractivity contribution < 1.29 is 9.90 Å². The Morgan fingerprint density at radius 3 is 2.94 bits per heavy atom. The van der Waals surface area contributed by atoms with Gasteiger partial charge in [-0.25, -0.2) is 4.79 Å². The fourth-order valence-corrected chi connectivity index (χ4v) is 2.04. The molecule has 1 aromatic rings. The number of hydrogen-bond acceptors (Lipinski definition) is 4. The second kappa shape index (κ2) is 4.61. The summed E-state index contributed by atoms with van der Waals surface area (Å²) in [6.45, 7) is 6.24. The van der Waals surface area contributed by atoms with Crippen LogP contribution in [0.4, 0.5) is 0 Å². The Kier molecular flexibility index (Phi) is 3.19. The lowest BCUT2D eigenvalue weighted by Crippen LogP contribution is -2.48. The van der Waals surface area contributed by atoms with E-state index in [4.69, 9.17) is 5.11 Å². The zero-order chi connectivity index (χ0) is 11.5. The Morgan fingerprint density at radius 1 is 1.62 bits per heavy atom. The van der Waals surface area contributed by atoms with Gasteiger partial charge in [-0.15, -0.1) is 5.10 Å². The van der Waals surface area contributed by atoms with E-state index in [1.165, 1.54) is 12.6 Å².